The summed E-state index contributed by atoms with van der Waals surface area (Å²) in [4.78, 5) is 10.3. The second-order valence-corrected chi connectivity index (χ2v) is 4.28. The van der Waals surface area contributed by atoms with Crippen molar-refractivity contribution in [1.82, 2.24) is 0 Å². The molecule has 0 rings (SSSR count). The van der Waals surface area contributed by atoms with Gasteiger partial charge in [-0.1, -0.05) is 51.7 Å². The summed E-state index contributed by atoms with van der Waals surface area (Å²) in [6.45, 7) is 4.17. The monoisotopic (exact) mass is 232 g/mol. The number of hydrogen-bond donors (Lipinski definition) is 2. The topological polar surface area (TPSA) is 57.5 Å². The first-order valence-electron chi connectivity index (χ1n) is 5.48. The molecular formula is C11H20O3S. The molecule has 0 spiro atoms. The normalized spacial score (nSPS) is 14.6. The molecule has 0 saturated heterocycles. The number of aliphatic carboxylic acids is 1. The Balaban J connectivity index is 4.05. The highest BCUT2D eigenvalue weighted by molar-refractivity contribution is 7.82. The number of unbranched alkanes of at least 4 members (excludes halogenated alkanes) is 1. The van der Waals surface area contributed by atoms with E-state index in [-0.39, 0.29) is 4.86 Å². The van der Waals surface area contributed by atoms with Gasteiger partial charge in [0, 0.05) is 0 Å². The Labute approximate surface area is 96.5 Å². The molecule has 2 N–H and O–H groups in total. The molecule has 88 valence electrons. The lowest BCUT2D eigenvalue weighted by Gasteiger charge is -2.17. The van der Waals surface area contributed by atoms with E-state index in [4.69, 9.17) is 5.11 Å². The van der Waals surface area contributed by atoms with E-state index in [0.717, 1.165) is 25.7 Å². The van der Waals surface area contributed by atoms with Gasteiger partial charge in [-0.2, -0.15) is 0 Å². The van der Waals surface area contributed by atoms with Gasteiger partial charge in [-0.25, -0.2) is 4.79 Å². The molecule has 2 unspecified atom stereocenters. The first kappa shape index (κ1) is 14.5. The molecule has 0 aliphatic carbocycles. The Morgan fingerprint density at radius 2 is 2.00 bits per heavy atom. The molecule has 0 aromatic heterocycles. The van der Waals surface area contributed by atoms with Crippen LogP contribution < -0.4 is 0 Å². The van der Waals surface area contributed by atoms with Gasteiger partial charge in [0.25, 0.3) is 0 Å². The van der Waals surface area contributed by atoms with E-state index in [2.05, 4.69) is 26.1 Å². The zero-order valence-corrected chi connectivity index (χ0v) is 10.2. The van der Waals surface area contributed by atoms with Crippen LogP contribution in [0.4, 0.5) is 0 Å². The summed E-state index contributed by atoms with van der Waals surface area (Å²) in [5, 5.41) is 18.2. The van der Waals surface area contributed by atoms with Crippen molar-refractivity contribution in [3.63, 3.8) is 0 Å². The minimum absolute atomic E-state index is 0.259. The highest BCUT2D eigenvalue weighted by atomic mass is 32.1. The molecule has 3 nitrogen and oxygen atoms in total. The fourth-order valence-electron chi connectivity index (χ4n) is 1.55. The van der Waals surface area contributed by atoms with Gasteiger partial charge in [0.15, 0.2) is 0 Å². The zero-order chi connectivity index (χ0) is 11.8. The van der Waals surface area contributed by atoms with Gasteiger partial charge >= 0.3 is 5.97 Å². The Hall–Kier alpha value is -0.480. The number of hydrogen-bond acceptors (Lipinski definition) is 3. The van der Waals surface area contributed by atoms with Crippen LogP contribution in [0.1, 0.15) is 46.0 Å². The smallest absolute Gasteiger partial charge is 0.345 e. The molecule has 0 aromatic carbocycles. The summed E-state index contributed by atoms with van der Waals surface area (Å²) in [6, 6.07) is 0. The largest absolute Gasteiger partial charge is 0.477 e. The van der Waals surface area contributed by atoms with E-state index in [9.17, 15) is 9.90 Å². The molecule has 0 amide bonds. The van der Waals surface area contributed by atoms with E-state index < -0.39 is 12.1 Å². The van der Waals surface area contributed by atoms with Gasteiger partial charge in [0.05, 0.1) is 6.10 Å². The Morgan fingerprint density at radius 3 is 2.40 bits per heavy atom. The van der Waals surface area contributed by atoms with Crippen molar-refractivity contribution in [2.75, 3.05) is 0 Å². The van der Waals surface area contributed by atoms with Gasteiger partial charge in [-0.3, -0.25) is 0 Å². The standard InChI is InChI=1S/C11H20O3S/c1-3-5-6-8(4-2)7-9(12)10(15)11(13)14/h8-9,12H,3-7H2,1-2H3,(H,13,14). The highest BCUT2D eigenvalue weighted by Crippen LogP contribution is 2.19. The summed E-state index contributed by atoms with van der Waals surface area (Å²) in [7, 11) is 0. The maximum Gasteiger partial charge on any atom is 0.345 e. The first-order valence-corrected chi connectivity index (χ1v) is 5.88. The number of thiocarbonyl (C=S) groups is 1. The van der Waals surface area contributed by atoms with Crippen LogP contribution in [0.25, 0.3) is 0 Å². The van der Waals surface area contributed by atoms with E-state index >= 15 is 0 Å². The highest BCUT2D eigenvalue weighted by Gasteiger charge is 2.20. The number of carboxylic acids is 1. The Bertz CT molecular complexity index is 216. The summed E-state index contributed by atoms with van der Waals surface area (Å²) in [6.07, 6.45) is 3.73. The fraction of sp³-hybridized carbons (Fsp3) is 0.818. The molecule has 0 fully saturated rings. The molecule has 0 radical (unpaired) electrons. The summed E-state index contributed by atoms with van der Waals surface area (Å²) >= 11 is 4.63. The number of aliphatic hydroxyl groups excluding tert-OH is 1. The predicted molar refractivity (Wildman–Crippen MR) is 64.2 cm³/mol. The fourth-order valence-corrected chi connectivity index (χ4v) is 1.64. The maximum absolute atomic E-state index is 10.5. The molecule has 0 aliphatic rings. The van der Waals surface area contributed by atoms with Gasteiger partial charge in [0.1, 0.15) is 4.86 Å². The van der Waals surface area contributed by atoms with E-state index in [1.807, 2.05) is 0 Å². The molecule has 0 heterocycles. The number of aliphatic hydroxyl groups is 1. The third-order valence-electron chi connectivity index (χ3n) is 2.61. The van der Waals surface area contributed by atoms with Gasteiger partial charge in [0.2, 0.25) is 0 Å². The Kier molecular flexibility index (Phi) is 7.52. The third kappa shape index (κ3) is 5.85. The van der Waals surface area contributed by atoms with Crippen molar-refractivity contribution < 1.29 is 15.0 Å². The predicted octanol–water partition coefficient (Wildman–Crippen LogP) is 2.41. The molecular weight excluding hydrogens is 212 g/mol. The van der Waals surface area contributed by atoms with Gasteiger partial charge in [-0.15, -0.1) is 0 Å². The lowest BCUT2D eigenvalue weighted by Crippen LogP contribution is -2.28. The summed E-state index contributed by atoms with van der Waals surface area (Å²) < 4.78 is 0. The van der Waals surface area contributed by atoms with Crippen molar-refractivity contribution >= 4 is 23.1 Å². The summed E-state index contributed by atoms with van der Waals surface area (Å²) in [5.41, 5.74) is 0. The van der Waals surface area contributed by atoms with E-state index in [1.165, 1.54) is 0 Å². The Morgan fingerprint density at radius 1 is 1.40 bits per heavy atom. The average Bonchev–Trinajstić information content (AvgIpc) is 2.22. The quantitative estimate of drug-likeness (QED) is 0.631. The SMILES string of the molecule is CCCCC(CC)CC(O)C(=S)C(=O)O. The number of carboxylic acid groups (broad SMARTS) is 1. The van der Waals surface area contributed by atoms with Crippen LogP contribution in [0.2, 0.25) is 0 Å². The maximum atomic E-state index is 10.5. The van der Waals surface area contributed by atoms with E-state index in [1.54, 1.807) is 0 Å². The molecule has 0 aromatic rings. The van der Waals surface area contributed by atoms with Crippen LogP contribution in [0.3, 0.4) is 0 Å². The second-order valence-electron chi connectivity index (χ2n) is 3.84. The number of carbonyl (C=O) groups is 1. The van der Waals surface area contributed by atoms with Crippen molar-refractivity contribution in [2.24, 2.45) is 5.92 Å². The molecule has 0 aliphatic heterocycles. The van der Waals surface area contributed by atoms with Crippen molar-refractivity contribution in [3.8, 4) is 0 Å². The summed E-state index contributed by atoms with van der Waals surface area (Å²) in [5.74, 6) is -0.805. The van der Waals surface area contributed by atoms with Crippen LogP contribution in [-0.4, -0.2) is 27.2 Å². The van der Waals surface area contributed by atoms with Crippen molar-refractivity contribution in [3.05, 3.63) is 0 Å². The van der Waals surface area contributed by atoms with Crippen molar-refractivity contribution in [2.45, 2.75) is 52.1 Å². The van der Waals surface area contributed by atoms with Crippen LogP contribution in [0.15, 0.2) is 0 Å². The van der Waals surface area contributed by atoms with Crippen LogP contribution in [0, 0.1) is 5.92 Å². The molecule has 0 saturated carbocycles. The average molecular weight is 232 g/mol. The molecule has 0 bridgehead atoms. The van der Waals surface area contributed by atoms with Crippen LogP contribution in [-0.2, 0) is 4.79 Å². The number of rotatable bonds is 8. The first-order chi connectivity index (χ1) is 7.02. The molecule has 4 heteroatoms. The van der Waals surface area contributed by atoms with Gasteiger partial charge in [-0.05, 0) is 12.3 Å². The van der Waals surface area contributed by atoms with E-state index in [0.29, 0.717) is 12.3 Å². The molecule has 2 atom stereocenters. The second kappa shape index (κ2) is 7.77. The van der Waals surface area contributed by atoms with Crippen LogP contribution in [0.5, 0.6) is 0 Å². The lowest BCUT2D eigenvalue weighted by molar-refractivity contribution is -0.129. The minimum atomic E-state index is -1.18. The third-order valence-corrected chi connectivity index (χ3v) is 3.06. The van der Waals surface area contributed by atoms with Crippen LogP contribution >= 0.6 is 12.2 Å². The zero-order valence-electron chi connectivity index (χ0n) is 9.40. The lowest BCUT2D eigenvalue weighted by atomic mass is 9.92. The van der Waals surface area contributed by atoms with Gasteiger partial charge < -0.3 is 10.2 Å². The van der Waals surface area contributed by atoms with Crippen molar-refractivity contribution in [1.29, 1.82) is 0 Å². The minimum Gasteiger partial charge on any atom is -0.477 e. The molecule has 15 heavy (non-hydrogen) atoms.